The van der Waals surface area contributed by atoms with E-state index >= 15 is 0 Å². The van der Waals surface area contributed by atoms with Gasteiger partial charge in [-0.3, -0.25) is 0 Å². The van der Waals surface area contributed by atoms with Gasteiger partial charge in [0.1, 0.15) is 0 Å². The third-order valence-electron chi connectivity index (χ3n) is 4.85. The van der Waals surface area contributed by atoms with Crippen LogP contribution in [0.25, 0.3) is 0 Å². The van der Waals surface area contributed by atoms with Crippen molar-refractivity contribution in [3.63, 3.8) is 0 Å². The summed E-state index contributed by atoms with van der Waals surface area (Å²) in [7, 11) is -2.27. The first-order valence-electron chi connectivity index (χ1n) is 10.1. The molecule has 0 bridgehead atoms. The van der Waals surface area contributed by atoms with Crippen LogP contribution in [0, 0.1) is 0 Å². The van der Waals surface area contributed by atoms with Crippen molar-refractivity contribution in [2.45, 2.75) is 37.9 Å². The molecule has 0 unspecified atom stereocenters. The molecule has 0 fully saturated rings. The number of rotatable bonds is 10. The van der Waals surface area contributed by atoms with Gasteiger partial charge in [-0.2, -0.15) is 0 Å². The van der Waals surface area contributed by atoms with Gasteiger partial charge in [-0.25, -0.2) is 0 Å². The first-order chi connectivity index (χ1) is 13.8. The van der Waals surface area contributed by atoms with Crippen LogP contribution in [0.4, 0.5) is 0 Å². The maximum Gasteiger partial charge on any atom is 0.300 e. The molecule has 2 nitrogen and oxygen atoms in total. The summed E-state index contributed by atoms with van der Waals surface area (Å²) < 4.78 is 6.45. The summed E-state index contributed by atoms with van der Waals surface area (Å²) in [6.07, 6.45) is 3.96. The van der Waals surface area contributed by atoms with E-state index in [9.17, 15) is 0 Å². The van der Waals surface area contributed by atoms with E-state index in [0.29, 0.717) is 0 Å². The highest BCUT2D eigenvalue weighted by molar-refractivity contribution is 6.72. The Hall–Kier alpha value is -2.65. The molecule has 0 aliphatic carbocycles. The van der Waals surface area contributed by atoms with Gasteiger partial charge in [-0.05, 0) is 23.1 Å². The van der Waals surface area contributed by atoms with E-state index in [0.717, 1.165) is 31.0 Å². The number of hydrogen-bond donors (Lipinski definition) is 0. The zero-order chi connectivity index (χ0) is 19.5. The first kappa shape index (κ1) is 20.1. The minimum atomic E-state index is -2.27. The molecule has 3 aromatic rings. The first-order valence-corrected chi connectivity index (χ1v) is 12.6. The Morgan fingerprint density at radius 2 is 1.07 bits per heavy atom. The minimum Gasteiger partial charge on any atom is -0.454 e. The van der Waals surface area contributed by atoms with Gasteiger partial charge < -0.3 is 4.53 Å². The largest absolute Gasteiger partial charge is 0.454 e. The van der Waals surface area contributed by atoms with Crippen molar-refractivity contribution in [3.8, 4) is 0 Å². The van der Waals surface area contributed by atoms with Crippen LogP contribution in [0.2, 0.25) is 0 Å². The maximum atomic E-state index is 6.45. The van der Waals surface area contributed by atoms with Crippen LogP contribution >= 0.6 is 0 Å². The maximum absolute atomic E-state index is 6.45. The van der Waals surface area contributed by atoms with Crippen molar-refractivity contribution >= 4 is 14.5 Å². The summed E-state index contributed by atoms with van der Waals surface area (Å²) in [5.74, 6) is 0. The summed E-state index contributed by atoms with van der Waals surface area (Å²) in [5.41, 5.74) is 3.98. The molecule has 0 amide bonds. The van der Waals surface area contributed by atoms with E-state index in [1.165, 1.54) is 16.7 Å². The van der Waals surface area contributed by atoms with Gasteiger partial charge in [0.2, 0.25) is 0 Å². The van der Waals surface area contributed by atoms with E-state index in [1.807, 2.05) is 6.21 Å². The van der Waals surface area contributed by atoms with Crippen LogP contribution in [0.15, 0.2) is 96.2 Å². The molecule has 0 saturated carbocycles. The molecule has 0 aliphatic heterocycles. The fourth-order valence-electron chi connectivity index (χ4n) is 3.52. The van der Waals surface area contributed by atoms with Gasteiger partial charge in [0.15, 0.2) is 0 Å². The van der Waals surface area contributed by atoms with E-state index in [1.54, 1.807) is 0 Å². The molecule has 0 aromatic heterocycles. The van der Waals surface area contributed by atoms with Crippen LogP contribution in [0.1, 0.15) is 36.5 Å². The third-order valence-corrected chi connectivity index (χ3v) is 8.50. The quantitative estimate of drug-likeness (QED) is 0.235. The summed E-state index contributed by atoms with van der Waals surface area (Å²) in [4.78, 5) is 0. The average Bonchev–Trinajstić information content (AvgIpc) is 2.73. The van der Waals surface area contributed by atoms with Crippen molar-refractivity contribution in [2.75, 3.05) is 0 Å². The lowest BCUT2D eigenvalue weighted by molar-refractivity contribution is 0.318. The number of hydrogen-bond acceptors (Lipinski definition) is 2. The van der Waals surface area contributed by atoms with Crippen LogP contribution < -0.4 is 0 Å². The fourth-order valence-corrected chi connectivity index (χ4v) is 7.32. The molecular weight excluding hydrogens is 358 g/mol. The van der Waals surface area contributed by atoms with Crippen molar-refractivity contribution < 1.29 is 4.53 Å². The monoisotopic (exact) mass is 387 g/mol. The summed E-state index contributed by atoms with van der Waals surface area (Å²) in [5, 5.41) is 4.46. The molecule has 0 heterocycles. The van der Waals surface area contributed by atoms with E-state index < -0.39 is 8.32 Å². The summed E-state index contributed by atoms with van der Waals surface area (Å²) in [6, 6.07) is 34.9. The lowest BCUT2D eigenvalue weighted by Crippen LogP contribution is -2.46. The lowest BCUT2D eigenvalue weighted by atomic mass is 10.2. The zero-order valence-corrected chi connectivity index (χ0v) is 17.6. The van der Waals surface area contributed by atoms with Crippen LogP contribution in [0.3, 0.4) is 0 Å². The molecule has 28 heavy (non-hydrogen) atoms. The lowest BCUT2D eigenvalue weighted by Gasteiger charge is -2.29. The Morgan fingerprint density at radius 3 is 1.43 bits per heavy atom. The normalized spacial score (nSPS) is 11.6. The number of oxime groups is 1. The van der Waals surface area contributed by atoms with E-state index in [-0.39, 0.29) is 0 Å². The molecule has 0 radical (unpaired) electrons. The number of unbranched alkanes of at least 4 members (excludes halogenated alkanes) is 1. The Morgan fingerprint density at radius 1 is 0.679 bits per heavy atom. The minimum absolute atomic E-state index is 0.946. The molecule has 0 aliphatic rings. The molecule has 144 valence electrons. The number of nitrogens with zero attached hydrogens (tertiary/aromatic N) is 1. The SMILES string of the molecule is CCC/C=N/O[Si](Cc1ccccc1)(Cc1ccccc1)Cc1ccccc1. The van der Waals surface area contributed by atoms with Crippen molar-refractivity contribution in [2.24, 2.45) is 5.16 Å². The Balaban J connectivity index is 1.95. The van der Waals surface area contributed by atoms with Gasteiger partial charge in [0, 0.05) is 24.3 Å². The highest BCUT2D eigenvalue weighted by atomic mass is 28.4. The van der Waals surface area contributed by atoms with Crippen molar-refractivity contribution in [1.29, 1.82) is 0 Å². The summed E-state index contributed by atoms with van der Waals surface area (Å²) >= 11 is 0. The molecule has 0 spiro atoms. The van der Waals surface area contributed by atoms with Gasteiger partial charge >= 0.3 is 0 Å². The second kappa shape index (κ2) is 10.6. The Labute approximate surface area is 170 Å². The highest BCUT2D eigenvalue weighted by Crippen LogP contribution is 2.24. The Kier molecular flexibility index (Phi) is 7.62. The van der Waals surface area contributed by atoms with Gasteiger partial charge in [-0.1, -0.05) is 104 Å². The topological polar surface area (TPSA) is 21.6 Å². The second-order valence-electron chi connectivity index (χ2n) is 7.34. The molecule has 3 heteroatoms. The molecule has 0 N–H and O–H groups in total. The molecule has 0 saturated heterocycles. The predicted molar refractivity (Wildman–Crippen MR) is 121 cm³/mol. The third kappa shape index (κ3) is 6.21. The number of benzene rings is 3. The molecule has 0 atom stereocenters. The van der Waals surface area contributed by atoms with Crippen molar-refractivity contribution in [1.82, 2.24) is 0 Å². The predicted octanol–water partition coefficient (Wildman–Crippen LogP) is 6.08. The van der Waals surface area contributed by atoms with Crippen LogP contribution in [0.5, 0.6) is 0 Å². The van der Waals surface area contributed by atoms with E-state index in [4.69, 9.17) is 4.53 Å². The van der Waals surface area contributed by atoms with Gasteiger partial charge in [-0.15, -0.1) is 5.16 Å². The van der Waals surface area contributed by atoms with Gasteiger partial charge in [0.25, 0.3) is 8.32 Å². The van der Waals surface area contributed by atoms with Crippen LogP contribution in [-0.4, -0.2) is 14.5 Å². The zero-order valence-electron chi connectivity index (χ0n) is 16.6. The van der Waals surface area contributed by atoms with Crippen LogP contribution in [-0.2, 0) is 22.7 Å². The molecular formula is C25H29NOSi. The fraction of sp³-hybridized carbons (Fsp3) is 0.240. The standard InChI is InChI=1S/C25H29NOSi/c1-2-3-19-26-27-28(20-23-13-7-4-8-14-23,21-24-15-9-5-10-16-24)22-25-17-11-6-12-18-25/h4-19H,2-3,20-22H2,1H3/b26-19+. The van der Waals surface area contributed by atoms with Gasteiger partial charge in [0.05, 0.1) is 0 Å². The smallest absolute Gasteiger partial charge is 0.300 e. The highest BCUT2D eigenvalue weighted by Gasteiger charge is 2.39. The van der Waals surface area contributed by atoms with E-state index in [2.05, 4.69) is 103 Å². The summed E-state index contributed by atoms with van der Waals surface area (Å²) in [6.45, 7) is 2.16. The van der Waals surface area contributed by atoms with Crippen molar-refractivity contribution in [3.05, 3.63) is 108 Å². The second-order valence-corrected chi connectivity index (χ2v) is 10.9. The molecule has 3 rings (SSSR count). The Bertz CT molecular complexity index is 733. The average molecular weight is 388 g/mol. The molecule has 3 aromatic carbocycles.